The van der Waals surface area contributed by atoms with Crippen molar-refractivity contribution in [3.05, 3.63) is 30.3 Å². The van der Waals surface area contributed by atoms with Crippen LogP contribution < -0.4 is 0 Å². The van der Waals surface area contributed by atoms with Crippen molar-refractivity contribution in [2.45, 2.75) is 57.8 Å². The van der Waals surface area contributed by atoms with Gasteiger partial charge in [-0.3, -0.25) is 4.79 Å². The Hall–Kier alpha value is -1.82. The number of carbonyl (C=O) groups excluding carboxylic acids is 1. The summed E-state index contributed by atoms with van der Waals surface area (Å²) in [7, 11) is 0. The first-order chi connectivity index (χ1) is 12.6. The zero-order valence-electron chi connectivity index (χ0n) is 15.9. The van der Waals surface area contributed by atoms with Gasteiger partial charge in [-0.15, -0.1) is 10.2 Å². The molecule has 1 aliphatic rings. The predicted molar refractivity (Wildman–Crippen MR) is 106 cm³/mol. The molecule has 26 heavy (non-hydrogen) atoms. The third kappa shape index (κ3) is 4.47. The van der Waals surface area contributed by atoms with E-state index in [9.17, 15) is 4.79 Å². The molecule has 140 valence electrons. The van der Waals surface area contributed by atoms with Crippen LogP contribution in [-0.4, -0.2) is 43.9 Å². The molecule has 0 unspecified atom stereocenters. The van der Waals surface area contributed by atoms with E-state index in [1.807, 2.05) is 23.1 Å². The van der Waals surface area contributed by atoms with E-state index < -0.39 is 0 Å². The van der Waals surface area contributed by atoms with E-state index in [0.29, 0.717) is 17.7 Å². The molecule has 0 N–H and O–H groups in total. The highest BCUT2D eigenvalue weighted by Crippen LogP contribution is 2.26. The maximum Gasteiger partial charge on any atom is 0.233 e. The van der Waals surface area contributed by atoms with Crippen LogP contribution >= 0.6 is 11.8 Å². The van der Waals surface area contributed by atoms with Gasteiger partial charge in [0.15, 0.2) is 11.0 Å². The molecule has 2 aromatic rings. The summed E-state index contributed by atoms with van der Waals surface area (Å²) in [6.07, 6.45) is 3.45. The molecule has 1 saturated heterocycles. The molecule has 0 spiro atoms. The molecule has 1 aliphatic heterocycles. The zero-order chi connectivity index (χ0) is 18.5. The van der Waals surface area contributed by atoms with Gasteiger partial charge in [0.1, 0.15) is 0 Å². The van der Waals surface area contributed by atoms with E-state index in [-0.39, 0.29) is 5.91 Å². The third-order valence-electron chi connectivity index (χ3n) is 4.74. The largest absolute Gasteiger partial charge is 0.339 e. The minimum Gasteiger partial charge on any atom is -0.339 e. The van der Waals surface area contributed by atoms with E-state index in [2.05, 4.69) is 47.7 Å². The number of nitrogens with zero attached hydrogens (tertiary/aromatic N) is 4. The van der Waals surface area contributed by atoms with E-state index in [1.54, 1.807) is 0 Å². The maximum atomic E-state index is 12.6. The van der Waals surface area contributed by atoms with Gasteiger partial charge in [0.2, 0.25) is 5.91 Å². The average molecular weight is 373 g/mol. The lowest BCUT2D eigenvalue weighted by molar-refractivity contribution is -0.131. The van der Waals surface area contributed by atoms with Gasteiger partial charge in [-0.2, -0.15) is 0 Å². The monoisotopic (exact) mass is 372 g/mol. The van der Waals surface area contributed by atoms with Crippen molar-refractivity contribution in [3.63, 3.8) is 0 Å². The average Bonchev–Trinajstić information content (AvgIpc) is 3.02. The molecule has 1 amide bonds. The Morgan fingerprint density at radius 1 is 1.23 bits per heavy atom. The SMILES string of the molecule is CC(C)Cn1c(SCC(=O)N2CCCC[C@@H]2C)nnc1-c1ccccc1. The minimum atomic E-state index is 0.211. The Morgan fingerprint density at radius 3 is 2.69 bits per heavy atom. The number of piperidine rings is 1. The molecule has 5 nitrogen and oxygen atoms in total. The molecular weight excluding hydrogens is 344 g/mol. The van der Waals surface area contributed by atoms with Gasteiger partial charge >= 0.3 is 0 Å². The summed E-state index contributed by atoms with van der Waals surface area (Å²) < 4.78 is 2.15. The molecule has 1 fully saturated rings. The quantitative estimate of drug-likeness (QED) is 0.717. The van der Waals surface area contributed by atoms with Crippen molar-refractivity contribution >= 4 is 17.7 Å². The summed E-state index contributed by atoms with van der Waals surface area (Å²) in [6, 6.07) is 10.5. The second-order valence-electron chi connectivity index (χ2n) is 7.40. The second kappa shape index (κ2) is 8.71. The molecule has 2 heterocycles. The molecule has 1 aromatic heterocycles. The highest BCUT2D eigenvalue weighted by molar-refractivity contribution is 7.99. The Bertz CT molecular complexity index is 729. The topological polar surface area (TPSA) is 51.0 Å². The van der Waals surface area contributed by atoms with Crippen LogP contribution in [0.5, 0.6) is 0 Å². The van der Waals surface area contributed by atoms with Crippen molar-refractivity contribution in [1.82, 2.24) is 19.7 Å². The van der Waals surface area contributed by atoms with Crippen LogP contribution in [-0.2, 0) is 11.3 Å². The third-order valence-corrected chi connectivity index (χ3v) is 5.70. The summed E-state index contributed by atoms with van der Waals surface area (Å²) in [6.45, 7) is 8.24. The lowest BCUT2D eigenvalue weighted by Crippen LogP contribution is -2.43. The van der Waals surface area contributed by atoms with Crippen LogP contribution in [0, 0.1) is 5.92 Å². The number of benzene rings is 1. The van der Waals surface area contributed by atoms with Crippen LogP contribution in [0.1, 0.15) is 40.0 Å². The van der Waals surface area contributed by atoms with Gasteiger partial charge in [0, 0.05) is 24.7 Å². The smallest absolute Gasteiger partial charge is 0.233 e. The molecule has 0 bridgehead atoms. The highest BCUT2D eigenvalue weighted by Gasteiger charge is 2.24. The van der Waals surface area contributed by atoms with Crippen LogP contribution in [0.15, 0.2) is 35.5 Å². The van der Waals surface area contributed by atoms with E-state index in [0.717, 1.165) is 42.5 Å². The molecule has 3 rings (SSSR count). The van der Waals surface area contributed by atoms with Crippen LogP contribution in [0.25, 0.3) is 11.4 Å². The fourth-order valence-corrected chi connectivity index (χ4v) is 4.24. The van der Waals surface area contributed by atoms with Crippen LogP contribution in [0.4, 0.5) is 0 Å². The molecule has 0 radical (unpaired) electrons. The summed E-state index contributed by atoms with van der Waals surface area (Å²) >= 11 is 1.51. The number of likely N-dealkylation sites (tertiary alicyclic amines) is 1. The van der Waals surface area contributed by atoms with Crippen molar-refractivity contribution < 1.29 is 4.79 Å². The molecule has 0 aliphatic carbocycles. The first-order valence-corrected chi connectivity index (χ1v) is 10.5. The fourth-order valence-electron chi connectivity index (χ4n) is 3.40. The number of rotatable bonds is 6. The predicted octanol–water partition coefficient (Wildman–Crippen LogP) is 4.09. The van der Waals surface area contributed by atoms with Crippen molar-refractivity contribution in [1.29, 1.82) is 0 Å². The van der Waals surface area contributed by atoms with Crippen molar-refractivity contribution in [2.24, 2.45) is 5.92 Å². The van der Waals surface area contributed by atoms with Gasteiger partial charge in [0.05, 0.1) is 5.75 Å². The van der Waals surface area contributed by atoms with Gasteiger partial charge in [0.25, 0.3) is 0 Å². The normalized spacial score (nSPS) is 17.7. The lowest BCUT2D eigenvalue weighted by Gasteiger charge is -2.33. The number of carbonyl (C=O) groups is 1. The summed E-state index contributed by atoms with van der Waals surface area (Å²) in [5.74, 6) is 1.99. The molecule has 0 saturated carbocycles. The summed E-state index contributed by atoms with van der Waals surface area (Å²) in [4.78, 5) is 14.7. The fraction of sp³-hybridized carbons (Fsp3) is 0.550. The van der Waals surface area contributed by atoms with Crippen LogP contribution in [0.3, 0.4) is 0 Å². The summed E-state index contributed by atoms with van der Waals surface area (Å²) in [5, 5.41) is 9.63. The number of aromatic nitrogens is 3. The second-order valence-corrected chi connectivity index (χ2v) is 8.34. The van der Waals surface area contributed by atoms with Gasteiger partial charge in [-0.25, -0.2) is 0 Å². The van der Waals surface area contributed by atoms with Gasteiger partial charge < -0.3 is 9.47 Å². The van der Waals surface area contributed by atoms with E-state index >= 15 is 0 Å². The number of amides is 1. The highest BCUT2D eigenvalue weighted by atomic mass is 32.2. The lowest BCUT2D eigenvalue weighted by atomic mass is 10.0. The number of hydrogen-bond donors (Lipinski definition) is 0. The molecule has 1 aromatic carbocycles. The number of thioether (sulfide) groups is 1. The van der Waals surface area contributed by atoms with Crippen molar-refractivity contribution in [2.75, 3.05) is 12.3 Å². The Labute approximate surface area is 160 Å². The summed E-state index contributed by atoms with van der Waals surface area (Å²) in [5.41, 5.74) is 1.06. The first kappa shape index (κ1) is 19.0. The molecular formula is C20H28N4OS. The van der Waals surface area contributed by atoms with Gasteiger partial charge in [-0.1, -0.05) is 55.9 Å². The standard InChI is InChI=1S/C20H28N4OS/c1-15(2)13-24-19(17-10-5-4-6-11-17)21-22-20(24)26-14-18(25)23-12-8-7-9-16(23)3/h4-6,10-11,15-16H,7-9,12-14H2,1-3H3/t16-/m0/s1. The van der Waals surface area contributed by atoms with Crippen molar-refractivity contribution in [3.8, 4) is 11.4 Å². The van der Waals surface area contributed by atoms with E-state index in [1.165, 1.54) is 18.2 Å². The molecule has 1 atom stereocenters. The zero-order valence-corrected chi connectivity index (χ0v) is 16.7. The Balaban J connectivity index is 1.75. The number of hydrogen-bond acceptors (Lipinski definition) is 4. The first-order valence-electron chi connectivity index (χ1n) is 9.47. The van der Waals surface area contributed by atoms with Crippen LogP contribution in [0.2, 0.25) is 0 Å². The van der Waals surface area contributed by atoms with Gasteiger partial charge in [-0.05, 0) is 32.1 Å². The molecule has 6 heteroatoms. The Kier molecular flexibility index (Phi) is 6.35. The Morgan fingerprint density at radius 2 is 2.00 bits per heavy atom. The maximum absolute atomic E-state index is 12.6. The van der Waals surface area contributed by atoms with E-state index in [4.69, 9.17) is 0 Å². The minimum absolute atomic E-state index is 0.211.